The van der Waals surface area contributed by atoms with Gasteiger partial charge < -0.3 is 33.9 Å². The summed E-state index contributed by atoms with van der Waals surface area (Å²) in [7, 11) is 0. The van der Waals surface area contributed by atoms with Gasteiger partial charge in [-0.2, -0.15) is 9.78 Å². The number of aromatic nitrogens is 3. The molecule has 0 spiro atoms. The first-order valence-corrected chi connectivity index (χ1v) is 15.2. The van der Waals surface area contributed by atoms with Gasteiger partial charge in [0.05, 0.1) is 11.8 Å². The molecule has 1 aromatic heterocycles. The maximum Gasteiger partial charge on any atom is 0.303 e. The van der Waals surface area contributed by atoms with E-state index in [0.29, 0.717) is 10.0 Å². The van der Waals surface area contributed by atoms with Gasteiger partial charge in [-0.1, -0.05) is 28.1 Å². The summed E-state index contributed by atoms with van der Waals surface area (Å²) in [5.41, 5.74) is -0.635. The lowest BCUT2D eigenvalue weighted by Crippen LogP contribution is -2.61. The molecule has 2 aromatic carbocycles. The minimum absolute atomic E-state index is 0.0462. The van der Waals surface area contributed by atoms with Crippen LogP contribution < -0.4 is 0 Å². The quantitative estimate of drug-likeness (QED) is 0.176. The van der Waals surface area contributed by atoms with Crippen LogP contribution >= 0.6 is 27.7 Å². The summed E-state index contributed by atoms with van der Waals surface area (Å²) in [5, 5.41) is 33.9. The Morgan fingerprint density at radius 3 is 2.22 bits per heavy atom. The number of phenols is 2. The minimum atomic E-state index is -1.40. The van der Waals surface area contributed by atoms with Crippen LogP contribution in [0.15, 0.2) is 57.2 Å². The van der Waals surface area contributed by atoms with Crippen molar-refractivity contribution in [1.29, 1.82) is 0 Å². The molecule has 0 saturated carbocycles. The van der Waals surface area contributed by atoms with Crippen molar-refractivity contribution in [1.82, 2.24) is 14.9 Å². The Morgan fingerprint density at radius 1 is 0.913 bits per heavy atom. The summed E-state index contributed by atoms with van der Waals surface area (Å²) in [4.78, 5) is 48.2. The Balaban J connectivity index is 1.82. The first-order chi connectivity index (χ1) is 21.8. The van der Waals surface area contributed by atoms with Gasteiger partial charge in [0.1, 0.15) is 24.2 Å². The highest BCUT2D eigenvalue weighted by Crippen LogP contribution is 2.39. The predicted octanol–water partition coefficient (Wildman–Crippen LogP) is 3.18. The first kappa shape index (κ1) is 34.4. The Morgan fingerprint density at radius 2 is 1.57 bits per heavy atom. The van der Waals surface area contributed by atoms with Crippen molar-refractivity contribution >= 4 is 57.8 Å². The lowest BCUT2D eigenvalue weighted by atomic mass is 9.99. The van der Waals surface area contributed by atoms with E-state index in [2.05, 4.69) is 31.2 Å². The number of para-hydroxylation sites is 1. The van der Waals surface area contributed by atoms with Crippen molar-refractivity contribution in [2.24, 2.45) is 5.10 Å². The molecule has 17 heteroatoms. The van der Waals surface area contributed by atoms with Crippen molar-refractivity contribution in [3.63, 3.8) is 0 Å². The number of hydrogen-bond acceptors (Lipinski definition) is 15. The summed E-state index contributed by atoms with van der Waals surface area (Å²) >= 11 is 4.20. The van der Waals surface area contributed by atoms with Gasteiger partial charge in [-0.25, -0.2) is 0 Å². The number of phenolic OH excluding ortho intramolecular Hbond substituents is 2. The van der Waals surface area contributed by atoms with Crippen molar-refractivity contribution in [2.75, 3.05) is 6.61 Å². The van der Waals surface area contributed by atoms with Gasteiger partial charge in [0.15, 0.2) is 29.6 Å². The van der Waals surface area contributed by atoms with Crippen molar-refractivity contribution < 1.29 is 53.1 Å². The average Bonchev–Trinajstić information content (AvgIpc) is 3.36. The van der Waals surface area contributed by atoms with E-state index in [9.17, 15) is 29.4 Å². The number of aromatic hydroxyl groups is 2. The number of benzene rings is 2. The SMILES string of the molecule is CC(=O)OC[C@H]1O[C@@H](Sc2nnc(-c3ccccc3O)n2/N=C/c2cc(Br)ccc2O)[C@H](OC(C)=O)[C@@H](OC(C)=O)[C@@H]1OC(C)=O. The van der Waals surface area contributed by atoms with E-state index in [1.54, 1.807) is 30.3 Å². The third-order valence-corrected chi connectivity index (χ3v) is 7.80. The lowest BCUT2D eigenvalue weighted by Gasteiger charge is -2.43. The Kier molecular flexibility index (Phi) is 11.4. The molecule has 15 nitrogen and oxygen atoms in total. The zero-order chi connectivity index (χ0) is 33.5. The molecule has 4 rings (SSSR count). The Bertz CT molecular complexity index is 1650. The fourth-order valence-electron chi connectivity index (χ4n) is 4.41. The number of esters is 4. The van der Waals surface area contributed by atoms with E-state index >= 15 is 0 Å². The lowest BCUT2D eigenvalue weighted by molar-refractivity contribution is -0.237. The van der Waals surface area contributed by atoms with E-state index in [-0.39, 0.29) is 28.0 Å². The number of nitrogens with zero attached hydrogens (tertiary/aromatic N) is 4. The number of halogens is 1. The van der Waals surface area contributed by atoms with E-state index < -0.39 is 60.3 Å². The number of ether oxygens (including phenoxy) is 5. The second kappa shape index (κ2) is 15.2. The summed E-state index contributed by atoms with van der Waals surface area (Å²) in [6.45, 7) is 4.14. The molecule has 1 aliphatic heterocycles. The van der Waals surface area contributed by atoms with Crippen molar-refractivity contribution in [2.45, 2.75) is 62.7 Å². The molecule has 0 radical (unpaired) electrons. The fourth-order valence-corrected chi connectivity index (χ4v) is 5.86. The second-order valence-corrected chi connectivity index (χ2v) is 11.7. The molecule has 0 bridgehead atoms. The molecule has 2 heterocycles. The van der Waals surface area contributed by atoms with Crippen LogP contribution in [0.5, 0.6) is 11.5 Å². The molecular weight excluding hydrogens is 692 g/mol. The van der Waals surface area contributed by atoms with Crippen LogP contribution in [-0.2, 0) is 42.9 Å². The highest BCUT2D eigenvalue weighted by Gasteiger charge is 2.53. The predicted molar refractivity (Wildman–Crippen MR) is 164 cm³/mol. The van der Waals surface area contributed by atoms with Crippen LogP contribution in [0.25, 0.3) is 11.4 Å². The average molecular weight is 722 g/mol. The van der Waals surface area contributed by atoms with Crippen LogP contribution in [0.4, 0.5) is 0 Å². The molecule has 1 saturated heterocycles. The van der Waals surface area contributed by atoms with E-state index in [4.69, 9.17) is 23.7 Å². The molecule has 46 heavy (non-hydrogen) atoms. The summed E-state index contributed by atoms with van der Waals surface area (Å²) in [6, 6.07) is 11.1. The molecule has 5 atom stereocenters. The van der Waals surface area contributed by atoms with Gasteiger partial charge in [-0.05, 0) is 42.1 Å². The fraction of sp³-hybridized carbons (Fsp3) is 0.345. The summed E-state index contributed by atoms with van der Waals surface area (Å²) in [6.07, 6.45) is -3.95. The van der Waals surface area contributed by atoms with Gasteiger partial charge in [0.25, 0.3) is 0 Å². The third-order valence-electron chi connectivity index (χ3n) is 6.23. The van der Waals surface area contributed by atoms with Gasteiger partial charge in [-0.15, -0.1) is 10.2 Å². The zero-order valence-corrected chi connectivity index (χ0v) is 27.3. The van der Waals surface area contributed by atoms with Crippen molar-refractivity contribution in [3.05, 3.63) is 52.5 Å². The third kappa shape index (κ3) is 8.61. The molecule has 0 amide bonds. The molecule has 1 fully saturated rings. The molecule has 3 aromatic rings. The first-order valence-electron chi connectivity index (χ1n) is 13.6. The molecule has 0 unspecified atom stereocenters. The van der Waals surface area contributed by atoms with Gasteiger partial charge in [0.2, 0.25) is 5.16 Å². The minimum Gasteiger partial charge on any atom is -0.507 e. The second-order valence-electron chi connectivity index (χ2n) is 9.77. The van der Waals surface area contributed by atoms with Crippen LogP contribution in [-0.4, -0.2) is 91.6 Å². The number of thioether (sulfide) groups is 1. The molecule has 2 N–H and O–H groups in total. The molecule has 0 aliphatic carbocycles. The Labute approximate surface area is 274 Å². The van der Waals surface area contributed by atoms with Gasteiger partial charge in [0, 0.05) is 37.7 Å². The highest BCUT2D eigenvalue weighted by atomic mass is 79.9. The van der Waals surface area contributed by atoms with Crippen LogP contribution in [0, 0.1) is 0 Å². The monoisotopic (exact) mass is 720 g/mol. The maximum absolute atomic E-state index is 12.3. The maximum atomic E-state index is 12.3. The van der Waals surface area contributed by atoms with Gasteiger partial charge >= 0.3 is 23.9 Å². The number of hydrogen-bond donors (Lipinski definition) is 2. The Hall–Kier alpha value is -4.48. The number of carbonyl (C=O) groups is 4. The van der Waals surface area contributed by atoms with E-state index in [1.807, 2.05) is 0 Å². The van der Waals surface area contributed by atoms with Crippen LogP contribution in [0.3, 0.4) is 0 Å². The molecule has 1 aliphatic rings. The largest absolute Gasteiger partial charge is 0.507 e. The smallest absolute Gasteiger partial charge is 0.303 e. The molecule has 244 valence electrons. The number of rotatable bonds is 10. The summed E-state index contributed by atoms with van der Waals surface area (Å²) < 4.78 is 29.7. The normalized spacial score (nSPS) is 21.0. The topological polar surface area (TPSA) is 198 Å². The van der Waals surface area contributed by atoms with Crippen LogP contribution in [0.1, 0.15) is 33.3 Å². The standard InChI is InChI=1S/C29H29BrN4O11S/c1-14(35)41-13-23-24(42-15(2)36)25(43-16(3)37)26(44-17(4)38)28(45-23)46-29-33-32-27(20-7-5-6-8-22(20)40)34(29)31-12-18-11-19(30)9-10-21(18)39/h5-12,23-26,28,39-40H,13H2,1-4H3/b31-12+/t23-,24-,25+,26-,28+/m1/s1. The van der Waals surface area contributed by atoms with Gasteiger partial charge in [-0.3, -0.25) is 19.2 Å². The number of carbonyl (C=O) groups excluding carboxylic acids is 4. The molecular formula is C29H29BrN4O11S. The van der Waals surface area contributed by atoms with E-state index in [0.717, 1.165) is 32.5 Å². The van der Waals surface area contributed by atoms with E-state index in [1.165, 1.54) is 29.9 Å². The van der Waals surface area contributed by atoms with Crippen molar-refractivity contribution in [3.8, 4) is 22.9 Å². The summed E-state index contributed by atoms with van der Waals surface area (Å²) in [5.74, 6) is -3.06. The zero-order valence-electron chi connectivity index (χ0n) is 24.9. The van der Waals surface area contributed by atoms with Crippen LogP contribution in [0.2, 0.25) is 0 Å². The highest BCUT2D eigenvalue weighted by molar-refractivity contribution is 9.10.